The highest BCUT2D eigenvalue weighted by atomic mass is 35.5. The largest absolute Gasteiger partial charge is 0.495 e. The fraction of sp³-hybridized carbons (Fsp3) is 0.158. The summed E-state index contributed by atoms with van der Waals surface area (Å²) < 4.78 is 17.4. The van der Waals surface area contributed by atoms with Crippen molar-refractivity contribution in [2.24, 2.45) is 0 Å². The number of rotatable bonds is 6. The van der Waals surface area contributed by atoms with Gasteiger partial charge in [-0.1, -0.05) is 17.7 Å². The molecule has 0 aliphatic heterocycles. The minimum absolute atomic E-state index is 0.102. The van der Waals surface area contributed by atoms with Gasteiger partial charge in [-0.25, -0.2) is 0 Å². The normalized spacial score (nSPS) is 10.5. The summed E-state index contributed by atoms with van der Waals surface area (Å²) in [5, 5.41) is 3.07. The van der Waals surface area contributed by atoms with E-state index in [1.54, 1.807) is 36.5 Å². The van der Waals surface area contributed by atoms with Crippen molar-refractivity contribution in [1.29, 1.82) is 0 Å². The molecular formula is C19H17ClN2O5. The summed E-state index contributed by atoms with van der Waals surface area (Å²) in [5.41, 5.74) is 0.235. The topological polar surface area (TPSA) is 82.7 Å². The van der Waals surface area contributed by atoms with E-state index in [1.165, 1.54) is 30.9 Å². The van der Waals surface area contributed by atoms with Crippen LogP contribution in [0, 0.1) is 0 Å². The van der Waals surface area contributed by atoms with E-state index in [4.69, 9.17) is 25.5 Å². The first-order valence-corrected chi connectivity index (χ1v) is 8.36. The fourth-order valence-electron chi connectivity index (χ4n) is 2.49. The predicted octanol–water partition coefficient (Wildman–Crippen LogP) is 3.41. The van der Waals surface area contributed by atoms with Crippen LogP contribution in [0.2, 0.25) is 5.02 Å². The van der Waals surface area contributed by atoms with Gasteiger partial charge in [0.15, 0.2) is 5.76 Å². The van der Waals surface area contributed by atoms with Crippen LogP contribution in [0.5, 0.6) is 11.5 Å². The number of hydrogen-bond acceptors (Lipinski definition) is 5. The molecule has 7 nitrogen and oxygen atoms in total. The zero-order chi connectivity index (χ0) is 19.4. The molecule has 0 saturated heterocycles. The van der Waals surface area contributed by atoms with Gasteiger partial charge < -0.3 is 23.8 Å². The maximum Gasteiger partial charge on any atom is 0.291 e. The van der Waals surface area contributed by atoms with E-state index in [9.17, 15) is 9.59 Å². The van der Waals surface area contributed by atoms with Gasteiger partial charge in [-0.2, -0.15) is 0 Å². The molecular weight excluding hydrogens is 372 g/mol. The zero-order valence-electron chi connectivity index (χ0n) is 14.7. The number of hydrogen-bond donors (Lipinski definition) is 1. The Kier molecular flexibility index (Phi) is 5.52. The van der Waals surface area contributed by atoms with Crippen molar-refractivity contribution in [2.45, 2.75) is 6.54 Å². The van der Waals surface area contributed by atoms with Gasteiger partial charge in [0.25, 0.3) is 11.5 Å². The third kappa shape index (κ3) is 4.15. The predicted molar refractivity (Wildman–Crippen MR) is 101 cm³/mol. The Morgan fingerprint density at radius 1 is 1.15 bits per heavy atom. The van der Waals surface area contributed by atoms with E-state index in [0.717, 1.165) is 0 Å². The molecule has 0 aliphatic rings. The van der Waals surface area contributed by atoms with Crippen molar-refractivity contribution in [1.82, 2.24) is 4.57 Å². The van der Waals surface area contributed by atoms with Crippen LogP contribution in [0.1, 0.15) is 16.3 Å². The number of aromatic nitrogens is 1. The van der Waals surface area contributed by atoms with Crippen LogP contribution in [-0.4, -0.2) is 24.7 Å². The Morgan fingerprint density at radius 2 is 1.93 bits per heavy atom. The number of anilines is 1. The monoisotopic (exact) mass is 388 g/mol. The molecule has 0 aliphatic carbocycles. The third-order valence-corrected chi connectivity index (χ3v) is 4.13. The maximum absolute atomic E-state index is 12.5. The molecule has 8 heteroatoms. The lowest BCUT2D eigenvalue weighted by molar-refractivity contribution is 0.0994. The molecule has 1 N–H and O–H groups in total. The summed E-state index contributed by atoms with van der Waals surface area (Å²) in [6.45, 7) is 0.227. The molecule has 2 aromatic heterocycles. The number of carbonyl (C=O) groups excluding carboxylic acids is 1. The van der Waals surface area contributed by atoms with Gasteiger partial charge in [-0.05, 0) is 18.2 Å². The average Bonchev–Trinajstić information content (AvgIpc) is 3.13. The van der Waals surface area contributed by atoms with Crippen molar-refractivity contribution in [2.75, 3.05) is 19.5 Å². The van der Waals surface area contributed by atoms with Crippen LogP contribution >= 0.6 is 11.6 Å². The third-order valence-electron chi connectivity index (χ3n) is 3.83. The number of nitrogens with one attached hydrogen (secondary N) is 1. The van der Waals surface area contributed by atoms with Crippen LogP contribution in [0.4, 0.5) is 5.69 Å². The van der Waals surface area contributed by atoms with Crippen LogP contribution < -0.4 is 20.3 Å². The minimum Gasteiger partial charge on any atom is -0.495 e. The van der Waals surface area contributed by atoms with Crippen LogP contribution in [0.25, 0.3) is 0 Å². The molecule has 1 aromatic carbocycles. The Labute approximate surface area is 160 Å². The van der Waals surface area contributed by atoms with Crippen molar-refractivity contribution in [3.05, 3.63) is 75.6 Å². The number of methoxy groups -OCH3 is 2. The molecule has 3 rings (SSSR count). The molecule has 3 aromatic rings. The van der Waals surface area contributed by atoms with Gasteiger partial charge in [0.2, 0.25) is 0 Å². The fourth-order valence-corrected chi connectivity index (χ4v) is 2.72. The molecule has 0 atom stereocenters. The number of pyridine rings is 1. The SMILES string of the molecule is COc1cc(NC(=O)c2ccc(Cn3ccccc3=O)o2)c(OC)cc1Cl. The first kappa shape index (κ1) is 18.6. The summed E-state index contributed by atoms with van der Waals surface area (Å²) in [7, 11) is 2.94. The summed E-state index contributed by atoms with van der Waals surface area (Å²) in [6, 6.07) is 11.2. The number of benzene rings is 1. The summed E-state index contributed by atoms with van der Waals surface area (Å²) in [4.78, 5) is 24.3. The van der Waals surface area contributed by atoms with Gasteiger partial charge in [0.05, 0.1) is 31.5 Å². The molecule has 0 spiro atoms. The lowest BCUT2D eigenvalue weighted by Gasteiger charge is -2.12. The number of ether oxygens (including phenoxy) is 2. The van der Waals surface area contributed by atoms with Crippen LogP contribution in [0.15, 0.2) is 57.9 Å². The lowest BCUT2D eigenvalue weighted by Crippen LogP contribution is -2.18. The molecule has 0 fully saturated rings. The Morgan fingerprint density at radius 3 is 2.63 bits per heavy atom. The smallest absolute Gasteiger partial charge is 0.291 e. The first-order valence-electron chi connectivity index (χ1n) is 7.99. The molecule has 0 unspecified atom stereocenters. The highest BCUT2D eigenvalue weighted by molar-refractivity contribution is 6.32. The van der Waals surface area contributed by atoms with Crippen LogP contribution in [0.3, 0.4) is 0 Å². The highest BCUT2D eigenvalue weighted by Gasteiger charge is 2.16. The van der Waals surface area contributed by atoms with E-state index in [1.807, 2.05) is 0 Å². The molecule has 2 heterocycles. The van der Waals surface area contributed by atoms with Gasteiger partial charge >= 0.3 is 0 Å². The van der Waals surface area contributed by atoms with Gasteiger partial charge in [0.1, 0.15) is 17.3 Å². The molecule has 27 heavy (non-hydrogen) atoms. The number of halogens is 1. The molecule has 0 bridgehead atoms. The Balaban J connectivity index is 1.79. The Hall–Kier alpha value is -3.19. The van der Waals surface area contributed by atoms with E-state index in [-0.39, 0.29) is 17.9 Å². The Bertz CT molecular complexity index is 1020. The second-order valence-electron chi connectivity index (χ2n) is 5.57. The van der Waals surface area contributed by atoms with Gasteiger partial charge in [-0.15, -0.1) is 0 Å². The lowest BCUT2D eigenvalue weighted by atomic mass is 10.2. The van der Waals surface area contributed by atoms with Crippen molar-refractivity contribution >= 4 is 23.2 Å². The zero-order valence-corrected chi connectivity index (χ0v) is 15.4. The second-order valence-corrected chi connectivity index (χ2v) is 5.98. The first-order chi connectivity index (χ1) is 13.0. The van der Waals surface area contributed by atoms with Gasteiger partial charge in [0, 0.05) is 24.4 Å². The van der Waals surface area contributed by atoms with Crippen molar-refractivity contribution in [3.8, 4) is 11.5 Å². The van der Waals surface area contributed by atoms with E-state index < -0.39 is 5.91 Å². The standard InChI is InChI=1S/C19H17ClN2O5/c1-25-16-10-14(17(26-2)9-13(16)20)21-19(24)15-7-6-12(27-15)11-22-8-4-3-5-18(22)23/h3-10H,11H2,1-2H3,(H,21,24). The maximum atomic E-state index is 12.5. The number of nitrogens with zero attached hydrogens (tertiary/aromatic N) is 1. The minimum atomic E-state index is -0.468. The molecule has 0 saturated carbocycles. The summed E-state index contributed by atoms with van der Waals surface area (Å²) in [5.74, 6) is 0.900. The van der Waals surface area contributed by atoms with E-state index in [2.05, 4.69) is 5.32 Å². The molecule has 1 amide bonds. The number of amides is 1. The average molecular weight is 389 g/mol. The summed E-state index contributed by atoms with van der Waals surface area (Å²) >= 11 is 6.06. The molecule has 140 valence electrons. The highest BCUT2D eigenvalue weighted by Crippen LogP contribution is 2.36. The van der Waals surface area contributed by atoms with E-state index >= 15 is 0 Å². The van der Waals surface area contributed by atoms with Gasteiger partial charge in [-0.3, -0.25) is 9.59 Å². The van der Waals surface area contributed by atoms with E-state index in [0.29, 0.717) is 28.0 Å². The van der Waals surface area contributed by atoms with Crippen molar-refractivity contribution < 1.29 is 18.7 Å². The second kappa shape index (κ2) is 8.01. The number of furan rings is 1. The quantitative estimate of drug-likeness (QED) is 0.699. The van der Waals surface area contributed by atoms with Crippen molar-refractivity contribution in [3.63, 3.8) is 0 Å². The van der Waals surface area contributed by atoms with Crippen LogP contribution in [-0.2, 0) is 6.54 Å². The summed E-state index contributed by atoms with van der Waals surface area (Å²) in [6.07, 6.45) is 1.65. The number of carbonyl (C=O) groups is 1. The molecule has 0 radical (unpaired) electrons.